The summed E-state index contributed by atoms with van der Waals surface area (Å²) in [6.07, 6.45) is -7.17. The standard InChI is InChI=1S/C19H20F4N6O3/c20-10-1-4-15(24-7-10)27-18(32)29-11-5-6-28(9-11)13-3-2-12(26-16(13)29)17(31)25-8-14(30)19(21,22)23/h1-4,7,11,14,18,30,32H,5-6,8-9H2,(H,24,27)(H,25,31)/t11-,14+,18?/m0/s1. The summed E-state index contributed by atoms with van der Waals surface area (Å²) in [5, 5.41) is 24.7. The summed E-state index contributed by atoms with van der Waals surface area (Å²) < 4.78 is 50.5. The van der Waals surface area contributed by atoms with Crippen LogP contribution in [-0.4, -0.2) is 70.4 Å². The van der Waals surface area contributed by atoms with Crippen LogP contribution in [0.1, 0.15) is 16.9 Å². The van der Waals surface area contributed by atoms with Crippen LogP contribution in [0.3, 0.4) is 0 Å². The number of fused-ring (bicyclic) bond motifs is 4. The van der Waals surface area contributed by atoms with Crippen LogP contribution in [0, 0.1) is 5.82 Å². The Bertz CT molecular complexity index is 990. The number of hydrogen-bond donors (Lipinski definition) is 4. The number of aliphatic hydroxyl groups excluding tert-OH is 2. The first-order valence-corrected chi connectivity index (χ1v) is 9.77. The van der Waals surface area contributed by atoms with E-state index in [1.807, 2.05) is 10.2 Å². The third-order valence-corrected chi connectivity index (χ3v) is 5.33. The monoisotopic (exact) mass is 456 g/mol. The highest BCUT2D eigenvalue weighted by Gasteiger charge is 2.41. The number of carbonyl (C=O) groups excluding carboxylic acids is 1. The largest absolute Gasteiger partial charge is 0.416 e. The fourth-order valence-electron chi connectivity index (χ4n) is 3.74. The van der Waals surface area contributed by atoms with Crippen LogP contribution < -0.4 is 20.4 Å². The molecule has 0 aliphatic carbocycles. The number of aliphatic hydroxyl groups is 2. The maximum Gasteiger partial charge on any atom is 0.416 e. The second-order valence-electron chi connectivity index (χ2n) is 7.48. The van der Waals surface area contributed by atoms with Gasteiger partial charge in [-0.1, -0.05) is 0 Å². The molecule has 4 N–H and O–H groups in total. The van der Waals surface area contributed by atoms with E-state index in [4.69, 9.17) is 5.11 Å². The van der Waals surface area contributed by atoms with E-state index in [0.717, 1.165) is 6.20 Å². The predicted octanol–water partition coefficient (Wildman–Crippen LogP) is 1.06. The highest BCUT2D eigenvalue weighted by molar-refractivity contribution is 5.93. The van der Waals surface area contributed by atoms with Crippen LogP contribution in [0.25, 0.3) is 0 Å². The molecule has 4 heterocycles. The van der Waals surface area contributed by atoms with Crippen LogP contribution in [-0.2, 0) is 0 Å². The zero-order valence-electron chi connectivity index (χ0n) is 16.6. The molecule has 1 fully saturated rings. The molecule has 0 saturated carbocycles. The number of halogens is 4. The third-order valence-electron chi connectivity index (χ3n) is 5.33. The molecule has 4 rings (SSSR count). The summed E-state index contributed by atoms with van der Waals surface area (Å²) in [5.41, 5.74) is 0.483. The molecule has 0 aromatic carbocycles. The van der Waals surface area contributed by atoms with Crippen LogP contribution in [0.15, 0.2) is 30.5 Å². The van der Waals surface area contributed by atoms with Crippen LogP contribution in [0.4, 0.5) is 34.9 Å². The van der Waals surface area contributed by atoms with E-state index in [0.29, 0.717) is 25.2 Å². The summed E-state index contributed by atoms with van der Waals surface area (Å²) in [5.74, 6) is -0.944. The maximum atomic E-state index is 13.1. The number of hydrogen-bond acceptors (Lipinski definition) is 8. The number of pyridine rings is 2. The van der Waals surface area contributed by atoms with Gasteiger partial charge in [-0.15, -0.1) is 0 Å². The van der Waals surface area contributed by atoms with Gasteiger partial charge in [0, 0.05) is 13.1 Å². The molecule has 1 saturated heterocycles. The Morgan fingerprint density at radius 2 is 2.03 bits per heavy atom. The van der Waals surface area contributed by atoms with E-state index in [1.54, 1.807) is 11.0 Å². The van der Waals surface area contributed by atoms with Gasteiger partial charge in [0.2, 0.25) is 6.35 Å². The van der Waals surface area contributed by atoms with Crippen molar-refractivity contribution in [1.82, 2.24) is 15.3 Å². The summed E-state index contributed by atoms with van der Waals surface area (Å²) in [6, 6.07) is 5.36. The van der Waals surface area contributed by atoms with Crippen molar-refractivity contribution in [2.24, 2.45) is 0 Å². The molecule has 1 unspecified atom stereocenters. The van der Waals surface area contributed by atoms with Crippen molar-refractivity contribution >= 4 is 23.2 Å². The van der Waals surface area contributed by atoms with E-state index in [1.165, 1.54) is 18.2 Å². The number of nitrogens with zero attached hydrogens (tertiary/aromatic N) is 4. The lowest BCUT2D eigenvalue weighted by molar-refractivity contribution is -0.201. The zero-order valence-corrected chi connectivity index (χ0v) is 16.6. The first-order chi connectivity index (χ1) is 15.1. The SMILES string of the molecule is O=C(NC[C@@H](O)C(F)(F)F)c1ccc2c(n1)N(C(O)Nc1ccc(F)cn1)[C@H]1CCN2C1. The molecule has 2 aliphatic rings. The Morgan fingerprint density at radius 1 is 1.25 bits per heavy atom. The van der Waals surface area contributed by atoms with Crippen LogP contribution in [0.2, 0.25) is 0 Å². The Morgan fingerprint density at radius 3 is 2.72 bits per heavy atom. The van der Waals surface area contributed by atoms with Gasteiger partial charge in [-0.3, -0.25) is 4.79 Å². The van der Waals surface area contributed by atoms with Crippen molar-refractivity contribution in [2.75, 3.05) is 34.8 Å². The average Bonchev–Trinajstić information content (AvgIpc) is 3.16. The molecule has 1 amide bonds. The molecule has 2 aromatic heterocycles. The molecule has 0 spiro atoms. The highest BCUT2D eigenvalue weighted by Crippen LogP contribution is 2.39. The number of amides is 1. The lowest BCUT2D eigenvalue weighted by Crippen LogP contribution is -2.52. The van der Waals surface area contributed by atoms with Gasteiger partial charge in [-0.05, 0) is 30.7 Å². The Kier molecular flexibility index (Phi) is 5.77. The molecule has 2 aromatic rings. The summed E-state index contributed by atoms with van der Waals surface area (Å²) >= 11 is 0. The van der Waals surface area contributed by atoms with Crippen LogP contribution >= 0.6 is 0 Å². The molecular weight excluding hydrogens is 436 g/mol. The fourth-order valence-corrected chi connectivity index (χ4v) is 3.74. The van der Waals surface area contributed by atoms with Crippen molar-refractivity contribution in [1.29, 1.82) is 0 Å². The van der Waals surface area contributed by atoms with E-state index >= 15 is 0 Å². The van der Waals surface area contributed by atoms with Gasteiger partial charge < -0.3 is 30.6 Å². The maximum absolute atomic E-state index is 13.1. The fraction of sp³-hybridized carbons (Fsp3) is 0.421. The smallest absolute Gasteiger partial charge is 0.382 e. The molecule has 2 bridgehead atoms. The highest BCUT2D eigenvalue weighted by atomic mass is 19.4. The summed E-state index contributed by atoms with van der Waals surface area (Å²) in [6.45, 7) is 0.286. The molecule has 13 heteroatoms. The predicted molar refractivity (Wildman–Crippen MR) is 106 cm³/mol. The molecule has 0 radical (unpaired) electrons. The van der Waals surface area contributed by atoms with Gasteiger partial charge in [-0.25, -0.2) is 14.4 Å². The topological polar surface area (TPSA) is 114 Å². The first-order valence-electron chi connectivity index (χ1n) is 9.77. The number of nitrogens with one attached hydrogen (secondary N) is 2. The normalized spacial score (nSPS) is 19.4. The lowest BCUT2D eigenvalue weighted by atomic mass is 10.1. The van der Waals surface area contributed by atoms with Crippen molar-refractivity contribution in [3.05, 3.63) is 42.0 Å². The average molecular weight is 456 g/mol. The first kappa shape index (κ1) is 22.0. The Balaban J connectivity index is 1.56. The lowest BCUT2D eigenvalue weighted by Gasteiger charge is -2.40. The van der Waals surface area contributed by atoms with E-state index in [2.05, 4.69) is 15.3 Å². The molecule has 32 heavy (non-hydrogen) atoms. The second-order valence-corrected chi connectivity index (χ2v) is 7.48. The zero-order chi connectivity index (χ0) is 23.0. The quantitative estimate of drug-likeness (QED) is 0.377. The molecule has 172 valence electrons. The Hall–Kier alpha value is -3.19. The summed E-state index contributed by atoms with van der Waals surface area (Å²) in [7, 11) is 0. The van der Waals surface area contributed by atoms with E-state index in [-0.39, 0.29) is 23.4 Å². The molecular formula is C19H20F4N6O3. The minimum Gasteiger partial charge on any atom is -0.382 e. The van der Waals surface area contributed by atoms with Crippen molar-refractivity contribution < 1.29 is 32.6 Å². The number of rotatable bonds is 6. The molecule has 2 aliphatic heterocycles. The Labute approximate surface area is 179 Å². The van der Waals surface area contributed by atoms with Gasteiger partial charge in [0.1, 0.15) is 17.3 Å². The van der Waals surface area contributed by atoms with Gasteiger partial charge >= 0.3 is 6.18 Å². The number of alkyl halides is 3. The van der Waals surface area contributed by atoms with Crippen molar-refractivity contribution in [3.8, 4) is 0 Å². The van der Waals surface area contributed by atoms with Gasteiger partial charge in [-0.2, -0.15) is 13.2 Å². The number of anilines is 3. The van der Waals surface area contributed by atoms with E-state index in [9.17, 15) is 27.5 Å². The minimum absolute atomic E-state index is 0.150. The molecule has 9 nitrogen and oxygen atoms in total. The van der Waals surface area contributed by atoms with Gasteiger partial charge in [0.15, 0.2) is 11.9 Å². The molecule has 3 atom stereocenters. The second kappa shape index (κ2) is 8.39. The van der Waals surface area contributed by atoms with Crippen molar-refractivity contribution in [3.63, 3.8) is 0 Å². The van der Waals surface area contributed by atoms with Gasteiger partial charge in [0.05, 0.1) is 24.5 Å². The number of aromatic nitrogens is 2. The third kappa shape index (κ3) is 4.39. The summed E-state index contributed by atoms with van der Waals surface area (Å²) in [4.78, 5) is 24.1. The minimum atomic E-state index is -4.86. The van der Waals surface area contributed by atoms with Crippen LogP contribution in [0.5, 0.6) is 0 Å². The van der Waals surface area contributed by atoms with E-state index < -0.39 is 36.9 Å². The number of carbonyl (C=O) groups is 1. The van der Waals surface area contributed by atoms with Gasteiger partial charge in [0.25, 0.3) is 5.91 Å². The van der Waals surface area contributed by atoms with Crippen molar-refractivity contribution in [2.45, 2.75) is 31.1 Å².